The number of carbonyl (C=O) groups excluding carboxylic acids is 1. The summed E-state index contributed by atoms with van der Waals surface area (Å²) >= 11 is 0. The van der Waals surface area contributed by atoms with Gasteiger partial charge in [0, 0.05) is 18.8 Å². The van der Waals surface area contributed by atoms with Crippen molar-refractivity contribution >= 4 is 22.4 Å². The number of benzene rings is 2. The largest absolute Gasteiger partial charge is 0.379 e. The number of rotatable bonds is 3. The second-order valence-electron chi connectivity index (χ2n) is 5.38. The van der Waals surface area contributed by atoms with Crippen LogP contribution in [-0.4, -0.2) is 43.2 Å². The zero-order valence-corrected chi connectivity index (χ0v) is 12.2. The lowest BCUT2D eigenvalue weighted by Gasteiger charge is -2.31. The summed E-state index contributed by atoms with van der Waals surface area (Å²) in [6, 6.07) is 14.0. The van der Waals surface area contributed by atoms with Crippen LogP contribution in [0.1, 0.15) is 6.92 Å². The molecule has 1 aliphatic rings. The summed E-state index contributed by atoms with van der Waals surface area (Å²) in [5.41, 5.74) is 0.846. The summed E-state index contributed by atoms with van der Waals surface area (Å²) < 4.78 is 5.32. The molecule has 4 heteroatoms. The lowest BCUT2D eigenvalue weighted by molar-refractivity contribution is -0.122. The van der Waals surface area contributed by atoms with Crippen molar-refractivity contribution in [1.82, 2.24) is 4.90 Å². The molecule has 0 spiro atoms. The molecule has 1 fully saturated rings. The molecule has 21 heavy (non-hydrogen) atoms. The molecule has 110 valence electrons. The molecule has 1 saturated heterocycles. The summed E-state index contributed by atoms with van der Waals surface area (Å²) in [5, 5.41) is 5.32. The van der Waals surface area contributed by atoms with Crippen molar-refractivity contribution in [3.05, 3.63) is 42.5 Å². The third-order valence-electron chi connectivity index (χ3n) is 3.99. The van der Waals surface area contributed by atoms with E-state index in [1.807, 2.05) is 37.3 Å². The molecule has 1 aliphatic heterocycles. The minimum Gasteiger partial charge on any atom is -0.379 e. The van der Waals surface area contributed by atoms with Crippen LogP contribution in [-0.2, 0) is 9.53 Å². The Hall–Kier alpha value is -1.91. The van der Waals surface area contributed by atoms with Gasteiger partial charge in [-0.2, -0.15) is 0 Å². The van der Waals surface area contributed by atoms with Gasteiger partial charge in [0.1, 0.15) is 0 Å². The first kappa shape index (κ1) is 14.0. The molecule has 0 aliphatic carbocycles. The average molecular weight is 284 g/mol. The SMILES string of the molecule is CC(C(=O)Nc1ccc2ccccc2c1)N1CCOCC1. The van der Waals surface area contributed by atoms with E-state index in [0.29, 0.717) is 13.2 Å². The number of nitrogens with one attached hydrogen (secondary N) is 1. The number of carbonyl (C=O) groups is 1. The van der Waals surface area contributed by atoms with Gasteiger partial charge in [0.2, 0.25) is 5.91 Å². The molecule has 0 radical (unpaired) electrons. The monoisotopic (exact) mass is 284 g/mol. The van der Waals surface area contributed by atoms with Crippen LogP contribution < -0.4 is 5.32 Å². The molecule has 1 amide bonds. The van der Waals surface area contributed by atoms with Crippen LogP contribution in [0.15, 0.2) is 42.5 Å². The highest BCUT2D eigenvalue weighted by molar-refractivity contribution is 5.97. The van der Waals surface area contributed by atoms with Gasteiger partial charge in [-0.3, -0.25) is 9.69 Å². The van der Waals surface area contributed by atoms with Crippen molar-refractivity contribution in [2.45, 2.75) is 13.0 Å². The standard InChI is InChI=1S/C17H20N2O2/c1-13(19-8-10-21-11-9-19)17(20)18-16-7-6-14-4-2-3-5-15(14)12-16/h2-7,12-13H,8-11H2,1H3,(H,18,20). The Balaban J connectivity index is 1.70. The zero-order valence-electron chi connectivity index (χ0n) is 12.2. The van der Waals surface area contributed by atoms with Crippen molar-refractivity contribution in [2.24, 2.45) is 0 Å². The van der Waals surface area contributed by atoms with Crippen molar-refractivity contribution < 1.29 is 9.53 Å². The first-order chi connectivity index (χ1) is 10.2. The predicted octanol–water partition coefficient (Wildman–Crippen LogP) is 2.50. The van der Waals surface area contributed by atoms with Crippen LogP contribution in [0.3, 0.4) is 0 Å². The lowest BCUT2D eigenvalue weighted by atomic mass is 10.1. The second-order valence-corrected chi connectivity index (χ2v) is 5.38. The van der Waals surface area contributed by atoms with Gasteiger partial charge >= 0.3 is 0 Å². The summed E-state index contributed by atoms with van der Waals surface area (Å²) in [4.78, 5) is 14.5. The number of hydrogen-bond acceptors (Lipinski definition) is 3. The summed E-state index contributed by atoms with van der Waals surface area (Å²) in [7, 11) is 0. The highest BCUT2D eigenvalue weighted by Crippen LogP contribution is 2.19. The van der Waals surface area contributed by atoms with E-state index in [2.05, 4.69) is 22.3 Å². The number of ether oxygens (including phenoxy) is 1. The number of fused-ring (bicyclic) bond motifs is 1. The minimum absolute atomic E-state index is 0.0344. The van der Waals surface area contributed by atoms with Gasteiger partial charge in [-0.25, -0.2) is 0 Å². The molecule has 4 nitrogen and oxygen atoms in total. The topological polar surface area (TPSA) is 41.6 Å². The molecule has 1 N–H and O–H groups in total. The highest BCUT2D eigenvalue weighted by atomic mass is 16.5. The maximum Gasteiger partial charge on any atom is 0.241 e. The number of anilines is 1. The van der Waals surface area contributed by atoms with E-state index in [1.165, 1.54) is 5.39 Å². The van der Waals surface area contributed by atoms with E-state index in [1.54, 1.807) is 0 Å². The fourth-order valence-corrected chi connectivity index (χ4v) is 2.64. The van der Waals surface area contributed by atoms with Crippen LogP contribution in [0.5, 0.6) is 0 Å². The van der Waals surface area contributed by atoms with Crippen LogP contribution in [0.2, 0.25) is 0 Å². The normalized spacial score (nSPS) is 17.6. The number of morpholine rings is 1. The molecule has 2 aromatic carbocycles. The van der Waals surface area contributed by atoms with Gasteiger partial charge in [-0.05, 0) is 29.8 Å². The summed E-state index contributed by atoms with van der Waals surface area (Å²) in [6.07, 6.45) is 0. The molecule has 1 unspecified atom stereocenters. The highest BCUT2D eigenvalue weighted by Gasteiger charge is 2.23. The Morgan fingerprint density at radius 3 is 2.62 bits per heavy atom. The second kappa shape index (κ2) is 6.24. The van der Waals surface area contributed by atoms with E-state index >= 15 is 0 Å². The predicted molar refractivity (Wildman–Crippen MR) is 84.4 cm³/mol. The molecule has 2 aromatic rings. The molecule has 1 atom stereocenters. The van der Waals surface area contributed by atoms with Gasteiger partial charge in [-0.1, -0.05) is 30.3 Å². The molecular formula is C17H20N2O2. The molecular weight excluding hydrogens is 264 g/mol. The summed E-state index contributed by atoms with van der Waals surface area (Å²) in [6.45, 7) is 4.97. The van der Waals surface area contributed by atoms with Gasteiger partial charge in [-0.15, -0.1) is 0 Å². The maximum absolute atomic E-state index is 12.4. The lowest BCUT2D eigenvalue weighted by Crippen LogP contribution is -2.47. The average Bonchev–Trinajstić information content (AvgIpc) is 2.55. The first-order valence-corrected chi connectivity index (χ1v) is 7.35. The van der Waals surface area contributed by atoms with Gasteiger partial charge in [0.05, 0.1) is 19.3 Å². The Kier molecular flexibility index (Phi) is 4.18. The van der Waals surface area contributed by atoms with Crippen LogP contribution in [0.4, 0.5) is 5.69 Å². The van der Waals surface area contributed by atoms with E-state index < -0.39 is 0 Å². The van der Waals surface area contributed by atoms with Gasteiger partial charge in [0.15, 0.2) is 0 Å². The number of nitrogens with zero attached hydrogens (tertiary/aromatic N) is 1. The van der Waals surface area contributed by atoms with Crippen molar-refractivity contribution in [2.75, 3.05) is 31.6 Å². The van der Waals surface area contributed by atoms with Crippen molar-refractivity contribution in [1.29, 1.82) is 0 Å². The smallest absolute Gasteiger partial charge is 0.241 e. The minimum atomic E-state index is -0.139. The number of amides is 1. The fraction of sp³-hybridized carbons (Fsp3) is 0.353. The quantitative estimate of drug-likeness (QED) is 0.941. The third kappa shape index (κ3) is 3.23. The molecule has 3 rings (SSSR count). The Labute approximate surface area is 124 Å². The molecule has 0 saturated carbocycles. The van der Waals surface area contributed by atoms with Crippen LogP contribution >= 0.6 is 0 Å². The Morgan fingerprint density at radius 1 is 1.14 bits per heavy atom. The third-order valence-corrected chi connectivity index (χ3v) is 3.99. The van der Waals surface area contributed by atoms with E-state index in [9.17, 15) is 4.79 Å². The van der Waals surface area contributed by atoms with E-state index in [4.69, 9.17) is 4.74 Å². The van der Waals surface area contributed by atoms with Crippen LogP contribution in [0.25, 0.3) is 10.8 Å². The fourth-order valence-electron chi connectivity index (χ4n) is 2.64. The number of hydrogen-bond donors (Lipinski definition) is 1. The molecule has 0 aromatic heterocycles. The Bertz CT molecular complexity index is 635. The Morgan fingerprint density at radius 2 is 1.86 bits per heavy atom. The molecule has 1 heterocycles. The van der Waals surface area contributed by atoms with Crippen molar-refractivity contribution in [3.63, 3.8) is 0 Å². The maximum atomic E-state index is 12.4. The first-order valence-electron chi connectivity index (χ1n) is 7.35. The van der Waals surface area contributed by atoms with Crippen LogP contribution in [0, 0.1) is 0 Å². The zero-order chi connectivity index (χ0) is 14.7. The van der Waals surface area contributed by atoms with E-state index in [-0.39, 0.29) is 11.9 Å². The summed E-state index contributed by atoms with van der Waals surface area (Å²) in [5.74, 6) is 0.0344. The van der Waals surface area contributed by atoms with Gasteiger partial charge < -0.3 is 10.1 Å². The van der Waals surface area contributed by atoms with E-state index in [0.717, 1.165) is 24.2 Å². The molecule has 0 bridgehead atoms. The van der Waals surface area contributed by atoms with Crippen molar-refractivity contribution in [3.8, 4) is 0 Å². The van der Waals surface area contributed by atoms with Gasteiger partial charge in [0.25, 0.3) is 0 Å².